The van der Waals surface area contributed by atoms with Crippen LogP contribution in [0.2, 0.25) is 0 Å². The predicted molar refractivity (Wildman–Crippen MR) is 90.4 cm³/mol. The summed E-state index contributed by atoms with van der Waals surface area (Å²) in [6, 6.07) is 4.68. The van der Waals surface area contributed by atoms with Crippen LogP contribution in [0.4, 0.5) is 0 Å². The molecule has 0 spiro atoms. The SMILES string of the molecule is CC(C)NCC(C)(C)CCc1cc2c(cc1Br)OCCO2. The Hall–Kier alpha value is -0.740. The van der Waals surface area contributed by atoms with Crippen LogP contribution in [0.3, 0.4) is 0 Å². The van der Waals surface area contributed by atoms with Gasteiger partial charge in [-0.05, 0) is 36.0 Å². The molecule has 0 unspecified atom stereocenters. The highest BCUT2D eigenvalue weighted by Crippen LogP contribution is 2.37. The molecule has 2 rings (SSSR count). The summed E-state index contributed by atoms with van der Waals surface area (Å²) >= 11 is 3.65. The van der Waals surface area contributed by atoms with Gasteiger partial charge in [-0.3, -0.25) is 0 Å². The maximum absolute atomic E-state index is 5.67. The lowest BCUT2D eigenvalue weighted by Crippen LogP contribution is -2.34. The molecule has 0 fully saturated rings. The molecule has 21 heavy (non-hydrogen) atoms. The molecular formula is C17H26BrNO2. The second kappa shape index (κ2) is 7.01. The lowest BCUT2D eigenvalue weighted by Gasteiger charge is -2.27. The Balaban J connectivity index is 1.99. The van der Waals surface area contributed by atoms with Crippen LogP contribution in [0.5, 0.6) is 11.5 Å². The van der Waals surface area contributed by atoms with Crippen molar-refractivity contribution in [1.82, 2.24) is 5.32 Å². The number of hydrogen-bond donors (Lipinski definition) is 1. The number of nitrogens with one attached hydrogen (secondary N) is 1. The predicted octanol–water partition coefficient (Wildman–Crippen LogP) is 4.18. The van der Waals surface area contributed by atoms with Gasteiger partial charge in [-0.2, -0.15) is 0 Å². The number of rotatable bonds is 6. The molecule has 4 heteroatoms. The Morgan fingerprint density at radius 1 is 1.19 bits per heavy atom. The summed E-state index contributed by atoms with van der Waals surface area (Å²) in [5.74, 6) is 1.72. The van der Waals surface area contributed by atoms with Gasteiger partial charge in [-0.1, -0.05) is 43.6 Å². The summed E-state index contributed by atoms with van der Waals surface area (Å²) in [4.78, 5) is 0. The third-order valence-corrected chi connectivity index (χ3v) is 4.51. The van der Waals surface area contributed by atoms with Crippen LogP contribution in [0, 0.1) is 5.41 Å². The van der Waals surface area contributed by atoms with Crippen molar-refractivity contribution in [3.05, 3.63) is 22.2 Å². The minimum absolute atomic E-state index is 0.275. The lowest BCUT2D eigenvalue weighted by atomic mass is 9.86. The van der Waals surface area contributed by atoms with Crippen molar-refractivity contribution >= 4 is 15.9 Å². The van der Waals surface area contributed by atoms with Gasteiger partial charge in [-0.15, -0.1) is 0 Å². The van der Waals surface area contributed by atoms with Crippen molar-refractivity contribution in [1.29, 1.82) is 0 Å². The molecule has 1 aromatic rings. The number of hydrogen-bond acceptors (Lipinski definition) is 3. The van der Waals surface area contributed by atoms with Crippen molar-refractivity contribution in [3.63, 3.8) is 0 Å². The van der Waals surface area contributed by atoms with Crippen molar-refractivity contribution < 1.29 is 9.47 Å². The van der Waals surface area contributed by atoms with E-state index in [9.17, 15) is 0 Å². The van der Waals surface area contributed by atoms with Gasteiger partial charge in [0.05, 0.1) is 0 Å². The van der Waals surface area contributed by atoms with Crippen molar-refractivity contribution in [2.45, 2.75) is 46.6 Å². The maximum atomic E-state index is 5.67. The fraction of sp³-hybridized carbons (Fsp3) is 0.647. The Morgan fingerprint density at radius 2 is 1.81 bits per heavy atom. The molecule has 1 aromatic carbocycles. The average Bonchev–Trinajstić information content (AvgIpc) is 2.43. The first kappa shape index (κ1) is 16.6. The number of halogens is 1. The Kier molecular flexibility index (Phi) is 5.55. The maximum Gasteiger partial charge on any atom is 0.162 e. The van der Waals surface area contributed by atoms with Gasteiger partial charge >= 0.3 is 0 Å². The normalized spacial score (nSPS) is 14.6. The molecule has 0 bridgehead atoms. The van der Waals surface area contributed by atoms with E-state index in [4.69, 9.17) is 9.47 Å². The molecular weight excluding hydrogens is 330 g/mol. The topological polar surface area (TPSA) is 30.5 Å². The van der Waals surface area contributed by atoms with E-state index in [0.29, 0.717) is 19.3 Å². The number of ether oxygens (including phenoxy) is 2. The van der Waals surface area contributed by atoms with Crippen LogP contribution in [-0.4, -0.2) is 25.8 Å². The van der Waals surface area contributed by atoms with Gasteiger partial charge in [0.1, 0.15) is 13.2 Å². The van der Waals surface area contributed by atoms with Crippen LogP contribution < -0.4 is 14.8 Å². The fourth-order valence-electron chi connectivity index (χ4n) is 2.34. The zero-order chi connectivity index (χ0) is 15.5. The van der Waals surface area contributed by atoms with E-state index in [-0.39, 0.29) is 5.41 Å². The van der Waals surface area contributed by atoms with E-state index < -0.39 is 0 Å². The van der Waals surface area contributed by atoms with E-state index in [1.54, 1.807) is 0 Å². The monoisotopic (exact) mass is 355 g/mol. The molecule has 118 valence electrons. The molecule has 3 nitrogen and oxygen atoms in total. The van der Waals surface area contributed by atoms with E-state index >= 15 is 0 Å². The Labute approximate surface area is 136 Å². The van der Waals surface area contributed by atoms with E-state index in [0.717, 1.165) is 35.4 Å². The second-order valence-corrected chi connectivity index (χ2v) is 7.64. The first-order valence-corrected chi connectivity index (χ1v) is 8.48. The molecule has 1 heterocycles. The zero-order valence-electron chi connectivity index (χ0n) is 13.5. The molecule has 1 N–H and O–H groups in total. The minimum Gasteiger partial charge on any atom is -0.486 e. The summed E-state index contributed by atoms with van der Waals surface area (Å²) in [6.07, 6.45) is 2.16. The Bertz CT molecular complexity index is 486. The van der Waals surface area contributed by atoms with Gasteiger partial charge < -0.3 is 14.8 Å². The number of benzene rings is 1. The van der Waals surface area contributed by atoms with Crippen LogP contribution in [-0.2, 0) is 6.42 Å². The van der Waals surface area contributed by atoms with Gasteiger partial charge in [0.25, 0.3) is 0 Å². The highest BCUT2D eigenvalue weighted by Gasteiger charge is 2.20. The first-order chi connectivity index (χ1) is 9.87. The summed E-state index contributed by atoms with van der Waals surface area (Å²) in [5.41, 5.74) is 1.56. The van der Waals surface area contributed by atoms with E-state index in [1.165, 1.54) is 5.56 Å². The van der Waals surface area contributed by atoms with Crippen molar-refractivity contribution in [3.8, 4) is 11.5 Å². The van der Waals surface area contributed by atoms with Gasteiger partial charge in [0.15, 0.2) is 11.5 Å². The molecule has 0 atom stereocenters. The molecule has 0 saturated heterocycles. The second-order valence-electron chi connectivity index (χ2n) is 6.79. The number of fused-ring (bicyclic) bond motifs is 1. The zero-order valence-corrected chi connectivity index (χ0v) is 15.0. The molecule has 0 aliphatic carbocycles. The van der Waals surface area contributed by atoms with E-state index in [1.807, 2.05) is 6.07 Å². The third kappa shape index (κ3) is 4.89. The lowest BCUT2D eigenvalue weighted by molar-refractivity contribution is 0.171. The molecule has 1 aliphatic heterocycles. The van der Waals surface area contributed by atoms with Crippen LogP contribution in [0.1, 0.15) is 39.7 Å². The van der Waals surface area contributed by atoms with Crippen LogP contribution in [0.15, 0.2) is 16.6 Å². The van der Waals surface area contributed by atoms with Crippen LogP contribution in [0.25, 0.3) is 0 Å². The third-order valence-electron chi connectivity index (χ3n) is 3.77. The molecule has 0 radical (unpaired) electrons. The summed E-state index contributed by atoms with van der Waals surface area (Å²) in [6.45, 7) is 11.3. The summed E-state index contributed by atoms with van der Waals surface area (Å²) in [5, 5.41) is 3.53. The Morgan fingerprint density at radius 3 is 2.43 bits per heavy atom. The first-order valence-electron chi connectivity index (χ1n) is 7.69. The smallest absolute Gasteiger partial charge is 0.162 e. The largest absolute Gasteiger partial charge is 0.486 e. The summed E-state index contributed by atoms with van der Waals surface area (Å²) in [7, 11) is 0. The van der Waals surface area contributed by atoms with Crippen molar-refractivity contribution in [2.24, 2.45) is 5.41 Å². The minimum atomic E-state index is 0.275. The fourth-order valence-corrected chi connectivity index (χ4v) is 2.86. The van der Waals surface area contributed by atoms with E-state index in [2.05, 4.69) is 55.0 Å². The van der Waals surface area contributed by atoms with Gasteiger partial charge in [0.2, 0.25) is 0 Å². The molecule has 0 amide bonds. The number of aryl methyl sites for hydroxylation is 1. The summed E-state index contributed by atoms with van der Waals surface area (Å²) < 4.78 is 12.4. The standard InChI is InChI=1S/C17H26BrNO2/c1-12(2)19-11-17(3,4)6-5-13-9-15-16(10-14(13)18)21-8-7-20-15/h9-10,12,19H,5-8,11H2,1-4H3. The molecule has 0 aromatic heterocycles. The van der Waals surface area contributed by atoms with Crippen LogP contribution >= 0.6 is 15.9 Å². The highest BCUT2D eigenvalue weighted by atomic mass is 79.9. The average molecular weight is 356 g/mol. The van der Waals surface area contributed by atoms with Gasteiger partial charge in [0, 0.05) is 17.1 Å². The molecule has 0 saturated carbocycles. The highest BCUT2D eigenvalue weighted by molar-refractivity contribution is 9.10. The molecule has 1 aliphatic rings. The quantitative estimate of drug-likeness (QED) is 0.830. The van der Waals surface area contributed by atoms with Crippen molar-refractivity contribution in [2.75, 3.05) is 19.8 Å². The van der Waals surface area contributed by atoms with Gasteiger partial charge in [-0.25, -0.2) is 0 Å².